The quantitative estimate of drug-likeness (QED) is 0.582. The summed E-state index contributed by atoms with van der Waals surface area (Å²) >= 11 is 1.42. The van der Waals surface area contributed by atoms with Crippen molar-refractivity contribution in [2.45, 2.75) is 56.9 Å². The lowest BCUT2D eigenvalue weighted by Crippen LogP contribution is -2.39. The molecular formula is C25H32N2O3S. The van der Waals surface area contributed by atoms with E-state index in [1.807, 2.05) is 56.1 Å². The third-order valence-corrected chi connectivity index (χ3v) is 7.11. The van der Waals surface area contributed by atoms with Crippen molar-refractivity contribution < 1.29 is 14.3 Å². The van der Waals surface area contributed by atoms with Gasteiger partial charge in [-0.2, -0.15) is 0 Å². The minimum absolute atomic E-state index is 0.117. The highest BCUT2D eigenvalue weighted by atomic mass is 32.2. The smallest absolute Gasteiger partial charge is 0.256 e. The number of thioether (sulfide) groups is 1. The van der Waals surface area contributed by atoms with Crippen LogP contribution in [0.25, 0.3) is 0 Å². The van der Waals surface area contributed by atoms with Gasteiger partial charge in [-0.3, -0.25) is 9.59 Å². The highest BCUT2D eigenvalue weighted by Gasteiger charge is 2.22. The fraction of sp³-hybridized carbons (Fsp3) is 0.440. The average molecular weight is 441 g/mol. The summed E-state index contributed by atoms with van der Waals surface area (Å²) in [7, 11) is 3.54. The van der Waals surface area contributed by atoms with Crippen molar-refractivity contribution in [3.05, 3.63) is 53.1 Å². The van der Waals surface area contributed by atoms with Crippen molar-refractivity contribution in [2.75, 3.05) is 25.2 Å². The van der Waals surface area contributed by atoms with Crippen LogP contribution in [0.3, 0.4) is 0 Å². The molecule has 2 aromatic carbocycles. The molecule has 1 N–H and O–H groups in total. The second kappa shape index (κ2) is 10.7. The van der Waals surface area contributed by atoms with Gasteiger partial charge < -0.3 is 15.0 Å². The number of nitrogens with zero attached hydrogens (tertiary/aromatic N) is 1. The van der Waals surface area contributed by atoms with Gasteiger partial charge in [0, 0.05) is 29.2 Å². The summed E-state index contributed by atoms with van der Waals surface area (Å²) in [4.78, 5) is 28.5. The molecule has 6 heteroatoms. The monoisotopic (exact) mass is 440 g/mol. The zero-order valence-electron chi connectivity index (χ0n) is 18.9. The van der Waals surface area contributed by atoms with Gasteiger partial charge in [0.25, 0.3) is 5.91 Å². The van der Waals surface area contributed by atoms with Gasteiger partial charge in [0.05, 0.1) is 18.4 Å². The number of carbonyl (C=O) groups excluding carboxylic acids is 2. The summed E-state index contributed by atoms with van der Waals surface area (Å²) in [5.74, 6) is 1.03. The third-order valence-electron chi connectivity index (χ3n) is 6.05. The predicted octanol–water partition coefficient (Wildman–Crippen LogP) is 5.45. The van der Waals surface area contributed by atoms with E-state index in [1.165, 1.54) is 31.0 Å². The summed E-state index contributed by atoms with van der Waals surface area (Å²) in [5, 5.41) is 3.00. The first kappa shape index (κ1) is 23.2. The Bertz CT molecular complexity index is 938. The van der Waals surface area contributed by atoms with Crippen LogP contribution in [0.2, 0.25) is 0 Å². The summed E-state index contributed by atoms with van der Waals surface area (Å²) in [6, 6.07) is 11.6. The normalized spacial score (nSPS) is 14.2. The number of hydrogen-bond acceptors (Lipinski definition) is 4. The molecule has 0 spiro atoms. The molecule has 0 aromatic heterocycles. The fourth-order valence-corrected chi connectivity index (χ4v) is 5.13. The molecule has 0 bridgehead atoms. The molecule has 1 saturated carbocycles. The number of anilines is 1. The highest BCUT2D eigenvalue weighted by molar-refractivity contribution is 8.00. The van der Waals surface area contributed by atoms with Crippen LogP contribution in [-0.4, -0.2) is 42.7 Å². The average Bonchev–Trinajstić information content (AvgIpc) is 2.80. The third kappa shape index (κ3) is 5.62. The van der Waals surface area contributed by atoms with Crippen LogP contribution in [-0.2, 0) is 4.79 Å². The Kier molecular flexibility index (Phi) is 8.02. The molecule has 0 radical (unpaired) electrons. The zero-order valence-corrected chi connectivity index (χ0v) is 19.7. The number of rotatable bonds is 7. The SMILES string of the molecule is COc1c(C)ccc(NC(=O)c2ccccc2SCC(=O)N(C)C2CCCCC2)c1C. The first-order valence-corrected chi connectivity index (χ1v) is 11.8. The fourth-order valence-electron chi connectivity index (χ4n) is 4.16. The molecular weight excluding hydrogens is 408 g/mol. The van der Waals surface area contributed by atoms with E-state index in [9.17, 15) is 9.59 Å². The van der Waals surface area contributed by atoms with E-state index in [1.54, 1.807) is 13.2 Å². The second-order valence-electron chi connectivity index (χ2n) is 8.12. The molecule has 1 aliphatic carbocycles. The van der Waals surface area contributed by atoms with Gasteiger partial charge in [-0.15, -0.1) is 11.8 Å². The van der Waals surface area contributed by atoms with Crippen LogP contribution < -0.4 is 10.1 Å². The Morgan fingerprint density at radius 2 is 1.81 bits per heavy atom. The summed E-state index contributed by atoms with van der Waals surface area (Å²) in [6.07, 6.45) is 5.84. The Labute approximate surface area is 189 Å². The number of ether oxygens (including phenoxy) is 1. The van der Waals surface area contributed by atoms with Gasteiger partial charge in [0.1, 0.15) is 5.75 Å². The van der Waals surface area contributed by atoms with Crippen molar-refractivity contribution in [3.8, 4) is 5.75 Å². The lowest BCUT2D eigenvalue weighted by atomic mass is 9.94. The number of carbonyl (C=O) groups is 2. The Morgan fingerprint density at radius 3 is 2.52 bits per heavy atom. The van der Waals surface area contributed by atoms with Crippen LogP contribution in [0.1, 0.15) is 53.6 Å². The number of methoxy groups -OCH3 is 1. The van der Waals surface area contributed by atoms with Crippen LogP contribution >= 0.6 is 11.8 Å². The van der Waals surface area contributed by atoms with Crippen molar-refractivity contribution in [2.24, 2.45) is 0 Å². The molecule has 3 rings (SSSR count). The van der Waals surface area contributed by atoms with Crippen molar-refractivity contribution in [3.63, 3.8) is 0 Å². The first-order valence-electron chi connectivity index (χ1n) is 10.9. The van der Waals surface area contributed by atoms with Crippen molar-refractivity contribution in [1.82, 2.24) is 4.90 Å². The number of benzene rings is 2. The Morgan fingerprint density at radius 1 is 1.10 bits per heavy atom. The van der Waals surface area contributed by atoms with Gasteiger partial charge in [0.2, 0.25) is 5.91 Å². The van der Waals surface area contributed by atoms with E-state index in [0.29, 0.717) is 17.4 Å². The largest absolute Gasteiger partial charge is 0.496 e. The van der Waals surface area contributed by atoms with Crippen molar-refractivity contribution in [1.29, 1.82) is 0 Å². The number of nitrogens with one attached hydrogen (secondary N) is 1. The second-order valence-corrected chi connectivity index (χ2v) is 9.14. The highest BCUT2D eigenvalue weighted by Crippen LogP contribution is 2.31. The minimum atomic E-state index is -0.190. The number of amides is 2. The van der Waals surface area contributed by atoms with E-state index in [4.69, 9.17) is 4.74 Å². The van der Waals surface area contributed by atoms with Crippen LogP contribution in [0, 0.1) is 13.8 Å². The van der Waals surface area contributed by atoms with Crippen LogP contribution in [0.5, 0.6) is 5.75 Å². The molecule has 31 heavy (non-hydrogen) atoms. The van der Waals surface area contributed by atoms with Gasteiger partial charge in [-0.1, -0.05) is 37.5 Å². The standard InChI is InChI=1S/C25H32N2O3S/c1-17-14-15-21(18(2)24(17)30-4)26-25(29)20-12-8-9-13-22(20)31-16-23(28)27(3)19-10-6-5-7-11-19/h8-9,12-15,19H,5-7,10-11,16H2,1-4H3,(H,26,29). The maximum atomic E-state index is 13.0. The molecule has 1 fully saturated rings. The molecule has 166 valence electrons. The molecule has 0 heterocycles. The predicted molar refractivity (Wildman–Crippen MR) is 127 cm³/mol. The van der Waals surface area contributed by atoms with Gasteiger partial charge >= 0.3 is 0 Å². The van der Waals surface area contributed by atoms with Crippen molar-refractivity contribution >= 4 is 29.3 Å². The number of aryl methyl sites for hydroxylation is 1. The Hall–Kier alpha value is -2.47. The maximum Gasteiger partial charge on any atom is 0.256 e. The van der Waals surface area contributed by atoms with Gasteiger partial charge in [-0.25, -0.2) is 0 Å². The van der Waals surface area contributed by atoms with Crippen LogP contribution in [0.15, 0.2) is 41.3 Å². The first-order chi connectivity index (χ1) is 14.9. The molecule has 0 unspecified atom stereocenters. The van der Waals surface area contributed by atoms with E-state index in [-0.39, 0.29) is 11.8 Å². The molecule has 5 nitrogen and oxygen atoms in total. The topological polar surface area (TPSA) is 58.6 Å². The van der Waals surface area contributed by atoms with E-state index in [2.05, 4.69) is 5.32 Å². The van der Waals surface area contributed by atoms with Crippen LogP contribution in [0.4, 0.5) is 5.69 Å². The molecule has 0 saturated heterocycles. The summed E-state index contributed by atoms with van der Waals surface area (Å²) in [6.45, 7) is 3.91. The molecule has 2 amide bonds. The summed E-state index contributed by atoms with van der Waals surface area (Å²) in [5.41, 5.74) is 3.21. The van der Waals surface area contributed by atoms with E-state index < -0.39 is 0 Å². The minimum Gasteiger partial charge on any atom is -0.496 e. The molecule has 2 aromatic rings. The zero-order chi connectivity index (χ0) is 22.4. The number of hydrogen-bond donors (Lipinski definition) is 1. The molecule has 0 atom stereocenters. The van der Waals surface area contributed by atoms with Gasteiger partial charge in [0.15, 0.2) is 0 Å². The lowest BCUT2D eigenvalue weighted by Gasteiger charge is -2.31. The van der Waals surface area contributed by atoms with E-state index in [0.717, 1.165) is 40.3 Å². The molecule has 0 aliphatic heterocycles. The lowest BCUT2D eigenvalue weighted by molar-refractivity contribution is -0.129. The summed E-state index contributed by atoms with van der Waals surface area (Å²) < 4.78 is 5.47. The van der Waals surface area contributed by atoms with E-state index >= 15 is 0 Å². The van der Waals surface area contributed by atoms with Gasteiger partial charge in [-0.05, 0) is 50.5 Å². The molecule has 1 aliphatic rings. The Balaban J connectivity index is 1.68. The maximum absolute atomic E-state index is 13.0.